The lowest BCUT2D eigenvalue weighted by Crippen LogP contribution is -2.41. The molecule has 0 heterocycles. The van der Waals surface area contributed by atoms with Crippen LogP contribution in [0.25, 0.3) is 0 Å². The molecule has 3 nitrogen and oxygen atoms in total. The Labute approximate surface area is 125 Å². The first kappa shape index (κ1) is 17.7. The molecule has 0 saturated heterocycles. The molecule has 20 heavy (non-hydrogen) atoms. The van der Waals surface area contributed by atoms with Crippen LogP contribution in [-0.4, -0.2) is 31.3 Å². The molecule has 0 aromatic heterocycles. The molecule has 4 unspecified atom stereocenters. The van der Waals surface area contributed by atoms with Gasteiger partial charge in [0.15, 0.2) is 0 Å². The molecule has 0 spiro atoms. The maximum Gasteiger partial charge on any atom is 0.0433 e. The van der Waals surface area contributed by atoms with Gasteiger partial charge in [-0.25, -0.2) is 0 Å². The first-order valence-corrected chi connectivity index (χ1v) is 8.41. The SMILES string of the molecule is CCC(/C=C/CCN)C(NC)C1CCCC(CCO)C1. The molecule has 1 saturated carbocycles. The minimum Gasteiger partial charge on any atom is -0.396 e. The highest BCUT2D eigenvalue weighted by atomic mass is 16.3. The number of aliphatic hydroxyl groups is 1. The van der Waals surface area contributed by atoms with Crippen LogP contribution in [0.1, 0.15) is 51.9 Å². The Morgan fingerprint density at radius 3 is 2.80 bits per heavy atom. The Kier molecular flexibility index (Phi) is 9.16. The Balaban J connectivity index is 2.61. The van der Waals surface area contributed by atoms with Crippen molar-refractivity contribution < 1.29 is 5.11 Å². The Hall–Kier alpha value is -0.380. The van der Waals surface area contributed by atoms with Gasteiger partial charge in [-0.1, -0.05) is 31.9 Å². The predicted molar refractivity (Wildman–Crippen MR) is 86.6 cm³/mol. The molecule has 0 bridgehead atoms. The number of nitrogens with one attached hydrogen (secondary N) is 1. The molecule has 1 aliphatic rings. The van der Waals surface area contributed by atoms with Crippen LogP contribution in [0.4, 0.5) is 0 Å². The second-order valence-corrected chi connectivity index (χ2v) is 6.20. The summed E-state index contributed by atoms with van der Waals surface area (Å²) in [6.07, 6.45) is 13.0. The van der Waals surface area contributed by atoms with E-state index in [2.05, 4.69) is 31.4 Å². The summed E-state index contributed by atoms with van der Waals surface area (Å²) in [5.41, 5.74) is 5.57. The summed E-state index contributed by atoms with van der Waals surface area (Å²) in [7, 11) is 2.10. The summed E-state index contributed by atoms with van der Waals surface area (Å²) < 4.78 is 0. The van der Waals surface area contributed by atoms with Gasteiger partial charge in [0, 0.05) is 12.6 Å². The molecular formula is C17H34N2O. The third-order valence-corrected chi connectivity index (χ3v) is 4.85. The monoisotopic (exact) mass is 282 g/mol. The minimum atomic E-state index is 0.342. The molecule has 0 aliphatic heterocycles. The Morgan fingerprint density at radius 1 is 1.40 bits per heavy atom. The molecule has 1 aliphatic carbocycles. The maximum atomic E-state index is 9.16. The highest BCUT2D eigenvalue weighted by molar-refractivity contribution is 4.97. The predicted octanol–water partition coefficient (Wildman–Crippen LogP) is 2.69. The van der Waals surface area contributed by atoms with Crippen molar-refractivity contribution in [2.75, 3.05) is 20.2 Å². The second-order valence-electron chi connectivity index (χ2n) is 6.20. The summed E-state index contributed by atoms with van der Waals surface area (Å²) >= 11 is 0. The second kappa shape index (κ2) is 10.4. The van der Waals surface area contributed by atoms with Crippen LogP contribution in [0.2, 0.25) is 0 Å². The molecule has 0 aromatic rings. The van der Waals surface area contributed by atoms with E-state index in [1.807, 2.05) is 0 Å². The number of rotatable bonds is 9. The van der Waals surface area contributed by atoms with E-state index in [1.54, 1.807) is 0 Å². The van der Waals surface area contributed by atoms with Crippen LogP contribution in [0.5, 0.6) is 0 Å². The molecule has 4 atom stereocenters. The number of nitrogens with two attached hydrogens (primary N) is 1. The van der Waals surface area contributed by atoms with Crippen LogP contribution in [-0.2, 0) is 0 Å². The van der Waals surface area contributed by atoms with Gasteiger partial charge in [-0.2, -0.15) is 0 Å². The number of aliphatic hydroxyl groups excluding tert-OH is 1. The quantitative estimate of drug-likeness (QED) is 0.570. The average molecular weight is 282 g/mol. The molecular weight excluding hydrogens is 248 g/mol. The fraction of sp³-hybridized carbons (Fsp3) is 0.882. The summed E-state index contributed by atoms with van der Waals surface area (Å²) in [6.45, 7) is 3.35. The van der Waals surface area contributed by atoms with E-state index < -0.39 is 0 Å². The van der Waals surface area contributed by atoms with Gasteiger partial charge in [-0.05, 0) is 63.5 Å². The van der Waals surface area contributed by atoms with E-state index in [-0.39, 0.29) is 0 Å². The fourth-order valence-corrected chi connectivity index (χ4v) is 3.78. The zero-order chi connectivity index (χ0) is 14.8. The van der Waals surface area contributed by atoms with Gasteiger partial charge in [0.25, 0.3) is 0 Å². The highest BCUT2D eigenvalue weighted by Gasteiger charge is 2.30. The zero-order valence-electron chi connectivity index (χ0n) is 13.4. The van der Waals surface area contributed by atoms with Crippen molar-refractivity contribution in [2.45, 2.75) is 57.9 Å². The van der Waals surface area contributed by atoms with E-state index in [0.29, 0.717) is 18.6 Å². The van der Waals surface area contributed by atoms with E-state index in [9.17, 15) is 0 Å². The highest BCUT2D eigenvalue weighted by Crippen LogP contribution is 2.35. The van der Waals surface area contributed by atoms with Crippen molar-refractivity contribution in [3.63, 3.8) is 0 Å². The molecule has 4 N–H and O–H groups in total. The fourth-order valence-electron chi connectivity index (χ4n) is 3.78. The number of hydrogen-bond acceptors (Lipinski definition) is 3. The summed E-state index contributed by atoms with van der Waals surface area (Å²) in [6, 6.07) is 0.565. The van der Waals surface area contributed by atoms with Crippen molar-refractivity contribution in [1.29, 1.82) is 0 Å². The summed E-state index contributed by atoms with van der Waals surface area (Å²) in [5, 5.41) is 12.7. The third-order valence-electron chi connectivity index (χ3n) is 4.85. The lowest BCUT2D eigenvalue weighted by molar-refractivity contribution is 0.161. The summed E-state index contributed by atoms with van der Waals surface area (Å²) in [4.78, 5) is 0. The zero-order valence-corrected chi connectivity index (χ0v) is 13.4. The first-order valence-electron chi connectivity index (χ1n) is 8.41. The molecule has 1 fully saturated rings. The van der Waals surface area contributed by atoms with E-state index >= 15 is 0 Å². The van der Waals surface area contributed by atoms with Gasteiger partial charge >= 0.3 is 0 Å². The normalized spacial score (nSPS) is 26.8. The van der Waals surface area contributed by atoms with Crippen molar-refractivity contribution in [2.24, 2.45) is 23.5 Å². The average Bonchev–Trinajstić information content (AvgIpc) is 2.47. The Morgan fingerprint density at radius 2 is 2.20 bits per heavy atom. The van der Waals surface area contributed by atoms with Crippen molar-refractivity contribution in [3.8, 4) is 0 Å². The van der Waals surface area contributed by atoms with Crippen molar-refractivity contribution in [3.05, 3.63) is 12.2 Å². The van der Waals surface area contributed by atoms with Gasteiger partial charge in [-0.15, -0.1) is 0 Å². The van der Waals surface area contributed by atoms with Gasteiger partial charge in [0.1, 0.15) is 0 Å². The maximum absolute atomic E-state index is 9.16. The van der Waals surface area contributed by atoms with E-state index in [0.717, 1.165) is 31.2 Å². The smallest absolute Gasteiger partial charge is 0.0433 e. The molecule has 0 amide bonds. The van der Waals surface area contributed by atoms with Gasteiger partial charge in [0.2, 0.25) is 0 Å². The van der Waals surface area contributed by atoms with E-state index in [4.69, 9.17) is 10.8 Å². The van der Waals surface area contributed by atoms with E-state index in [1.165, 1.54) is 32.1 Å². The molecule has 1 rings (SSSR count). The van der Waals surface area contributed by atoms with Crippen molar-refractivity contribution in [1.82, 2.24) is 5.32 Å². The third kappa shape index (κ3) is 5.55. The molecule has 118 valence electrons. The number of hydrogen-bond donors (Lipinski definition) is 3. The van der Waals surface area contributed by atoms with Crippen molar-refractivity contribution >= 4 is 0 Å². The van der Waals surface area contributed by atoms with Crippen LogP contribution >= 0.6 is 0 Å². The van der Waals surface area contributed by atoms with Gasteiger partial charge in [-0.3, -0.25) is 0 Å². The molecule has 3 heteroatoms. The first-order chi connectivity index (χ1) is 9.76. The topological polar surface area (TPSA) is 58.3 Å². The standard InChI is InChI=1S/C17H34N2O/c1-3-15(8-4-5-11-18)17(19-2)16-9-6-7-14(13-16)10-12-20/h4,8,14-17,19-20H,3,5-7,9-13,18H2,1-2H3/b8-4+. The van der Waals surface area contributed by atoms with Gasteiger partial charge < -0.3 is 16.2 Å². The minimum absolute atomic E-state index is 0.342. The molecule has 0 aromatic carbocycles. The summed E-state index contributed by atoms with van der Waals surface area (Å²) in [5.74, 6) is 2.07. The van der Waals surface area contributed by atoms with Gasteiger partial charge in [0.05, 0.1) is 0 Å². The Bertz CT molecular complexity index is 266. The van der Waals surface area contributed by atoms with Crippen LogP contribution < -0.4 is 11.1 Å². The lowest BCUT2D eigenvalue weighted by atomic mass is 9.73. The lowest BCUT2D eigenvalue weighted by Gasteiger charge is -2.37. The van der Waals surface area contributed by atoms with Crippen LogP contribution in [0, 0.1) is 17.8 Å². The van der Waals surface area contributed by atoms with Crippen LogP contribution in [0.3, 0.4) is 0 Å². The van der Waals surface area contributed by atoms with Crippen LogP contribution in [0.15, 0.2) is 12.2 Å². The largest absolute Gasteiger partial charge is 0.396 e. The molecule has 0 radical (unpaired) electrons.